The van der Waals surface area contributed by atoms with Crippen LogP contribution >= 0.6 is 0 Å². The van der Waals surface area contributed by atoms with Crippen molar-refractivity contribution in [3.8, 4) is 0 Å². The predicted octanol–water partition coefficient (Wildman–Crippen LogP) is 1.29. The summed E-state index contributed by atoms with van der Waals surface area (Å²) >= 11 is 0. The molecule has 0 saturated carbocycles. The number of aryl methyl sites for hydroxylation is 2. The minimum Gasteiger partial charge on any atom is -0.343 e. The SMILES string of the molecule is CCc1nnc(NC(C)c2ncn[nH]2)nc1CC. The van der Waals surface area contributed by atoms with E-state index in [-0.39, 0.29) is 6.04 Å². The van der Waals surface area contributed by atoms with Crippen LogP contribution in [-0.4, -0.2) is 30.4 Å². The van der Waals surface area contributed by atoms with Gasteiger partial charge >= 0.3 is 0 Å². The van der Waals surface area contributed by atoms with Gasteiger partial charge in [0.15, 0.2) is 0 Å². The van der Waals surface area contributed by atoms with Gasteiger partial charge < -0.3 is 5.32 Å². The van der Waals surface area contributed by atoms with Crippen molar-refractivity contribution in [1.29, 1.82) is 0 Å². The lowest BCUT2D eigenvalue weighted by molar-refractivity contribution is 0.755. The molecule has 0 amide bonds. The summed E-state index contributed by atoms with van der Waals surface area (Å²) in [6.07, 6.45) is 3.18. The number of hydrogen-bond acceptors (Lipinski definition) is 6. The van der Waals surface area contributed by atoms with E-state index < -0.39 is 0 Å². The molecule has 7 nitrogen and oxygen atoms in total. The number of aromatic nitrogens is 6. The zero-order valence-corrected chi connectivity index (χ0v) is 10.8. The molecular formula is C11H17N7. The van der Waals surface area contributed by atoms with Gasteiger partial charge in [0.2, 0.25) is 5.95 Å². The molecule has 0 aliphatic heterocycles. The fourth-order valence-electron chi connectivity index (χ4n) is 1.68. The molecule has 2 heterocycles. The molecule has 0 aliphatic carbocycles. The van der Waals surface area contributed by atoms with Crippen LogP contribution in [0.1, 0.15) is 44.0 Å². The molecule has 1 atom stereocenters. The van der Waals surface area contributed by atoms with Crippen LogP contribution in [0.3, 0.4) is 0 Å². The molecule has 0 spiro atoms. The van der Waals surface area contributed by atoms with Gasteiger partial charge in [0.05, 0.1) is 17.4 Å². The molecule has 96 valence electrons. The second-order valence-electron chi connectivity index (χ2n) is 3.97. The van der Waals surface area contributed by atoms with E-state index in [1.54, 1.807) is 0 Å². The number of rotatable bonds is 5. The van der Waals surface area contributed by atoms with Crippen LogP contribution in [0.15, 0.2) is 6.33 Å². The van der Waals surface area contributed by atoms with Gasteiger partial charge in [0.1, 0.15) is 12.2 Å². The minimum absolute atomic E-state index is 0.0357. The summed E-state index contributed by atoms with van der Waals surface area (Å²) in [5, 5.41) is 18.0. The Hall–Kier alpha value is -2.05. The fourth-order valence-corrected chi connectivity index (χ4v) is 1.68. The van der Waals surface area contributed by atoms with Gasteiger partial charge in [0, 0.05) is 0 Å². The second-order valence-corrected chi connectivity index (χ2v) is 3.97. The molecule has 18 heavy (non-hydrogen) atoms. The van der Waals surface area contributed by atoms with E-state index in [4.69, 9.17) is 0 Å². The van der Waals surface area contributed by atoms with Crippen LogP contribution in [0, 0.1) is 0 Å². The molecule has 0 fully saturated rings. The summed E-state index contributed by atoms with van der Waals surface area (Å²) in [4.78, 5) is 8.55. The van der Waals surface area contributed by atoms with E-state index in [0.717, 1.165) is 30.1 Å². The monoisotopic (exact) mass is 247 g/mol. The normalized spacial score (nSPS) is 12.4. The summed E-state index contributed by atoms with van der Waals surface area (Å²) < 4.78 is 0. The molecule has 2 N–H and O–H groups in total. The number of H-pyrrole nitrogens is 1. The van der Waals surface area contributed by atoms with E-state index in [1.807, 2.05) is 6.92 Å². The molecule has 2 aromatic rings. The average Bonchev–Trinajstić information content (AvgIpc) is 2.92. The highest BCUT2D eigenvalue weighted by Crippen LogP contribution is 2.13. The van der Waals surface area contributed by atoms with Crippen LogP contribution in [0.2, 0.25) is 0 Å². The lowest BCUT2D eigenvalue weighted by Gasteiger charge is -2.11. The van der Waals surface area contributed by atoms with Crippen LogP contribution in [0.4, 0.5) is 5.95 Å². The van der Waals surface area contributed by atoms with Crippen LogP contribution in [0.5, 0.6) is 0 Å². The first kappa shape index (κ1) is 12.4. The third kappa shape index (κ3) is 2.61. The molecule has 0 bridgehead atoms. The summed E-state index contributed by atoms with van der Waals surface area (Å²) in [5.74, 6) is 1.27. The van der Waals surface area contributed by atoms with Gasteiger partial charge in [-0.1, -0.05) is 13.8 Å². The maximum Gasteiger partial charge on any atom is 0.243 e. The smallest absolute Gasteiger partial charge is 0.243 e. The number of anilines is 1. The standard InChI is InChI=1S/C11H17N7/c1-4-8-9(5-2)16-18-11(15-8)14-7(3)10-12-6-13-17-10/h6-7H,4-5H2,1-3H3,(H,12,13,17)(H,14,15,18). The molecule has 0 aliphatic rings. The molecule has 1 unspecified atom stereocenters. The van der Waals surface area contributed by atoms with Crippen molar-refractivity contribution in [2.24, 2.45) is 0 Å². The van der Waals surface area contributed by atoms with E-state index in [9.17, 15) is 0 Å². The first-order valence-corrected chi connectivity index (χ1v) is 6.08. The van der Waals surface area contributed by atoms with Gasteiger partial charge in [-0.15, -0.1) is 5.10 Å². The highest BCUT2D eigenvalue weighted by Gasteiger charge is 2.11. The van der Waals surface area contributed by atoms with Crippen molar-refractivity contribution in [2.45, 2.75) is 39.7 Å². The van der Waals surface area contributed by atoms with Crippen LogP contribution < -0.4 is 5.32 Å². The maximum absolute atomic E-state index is 4.47. The third-order valence-electron chi connectivity index (χ3n) is 2.70. The van der Waals surface area contributed by atoms with E-state index in [0.29, 0.717) is 5.95 Å². The molecular weight excluding hydrogens is 230 g/mol. The van der Waals surface area contributed by atoms with Crippen molar-refractivity contribution in [1.82, 2.24) is 30.4 Å². The first-order chi connectivity index (χ1) is 8.74. The molecule has 0 saturated heterocycles. The molecule has 0 aromatic carbocycles. The van der Waals surface area contributed by atoms with Gasteiger partial charge in [-0.2, -0.15) is 10.2 Å². The predicted molar refractivity (Wildman–Crippen MR) is 67.0 cm³/mol. The van der Waals surface area contributed by atoms with Gasteiger partial charge in [-0.25, -0.2) is 9.97 Å². The van der Waals surface area contributed by atoms with Crippen molar-refractivity contribution >= 4 is 5.95 Å². The Bertz CT molecular complexity index is 494. The fraction of sp³-hybridized carbons (Fsp3) is 0.545. The number of aromatic amines is 1. The summed E-state index contributed by atoms with van der Waals surface area (Å²) in [7, 11) is 0. The van der Waals surface area contributed by atoms with Crippen molar-refractivity contribution in [3.05, 3.63) is 23.5 Å². The first-order valence-electron chi connectivity index (χ1n) is 6.08. The zero-order valence-electron chi connectivity index (χ0n) is 10.8. The number of hydrogen-bond donors (Lipinski definition) is 2. The third-order valence-corrected chi connectivity index (χ3v) is 2.70. The average molecular weight is 247 g/mol. The summed E-state index contributed by atoms with van der Waals surface area (Å²) in [6, 6.07) is -0.0357. The Balaban J connectivity index is 2.14. The lowest BCUT2D eigenvalue weighted by atomic mass is 10.2. The van der Waals surface area contributed by atoms with E-state index in [1.165, 1.54) is 6.33 Å². The Morgan fingerprint density at radius 1 is 1.22 bits per heavy atom. The van der Waals surface area contributed by atoms with Crippen molar-refractivity contribution in [3.63, 3.8) is 0 Å². The molecule has 2 aromatic heterocycles. The number of nitrogens with zero attached hydrogens (tertiary/aromatic N) is 5. The number of nitrogens with one attached hydrogen (secondary N) is 2. The second kappa shape index (κ2) is 5.52. The highest BCUT2D eigenvalue weighted by atomic mass is 15.3. The molecule has 0 radical (unpaired) electrons. The van der Waals surface area contributed by atoms with E-state index in [2.05, 4.69) is 49.5 Å². The quantitative estimate of drug-likeness (QED) is 0.827. The van der Waals surface area contributed by atoms with Gasteiger partial charge in [0.25, 0.3) is 0 Å². The maximum atomic E-state index is 4.47. The molecule has 2 rings (SSSR count). The minimum atomic E-state index is -0.0357. The summed E-state index contributed by atoms with van der Waals surface area (Å²) in [6.45, 7) is 6.07. The highest BCUT2D eigenvalue weighted by molar-refractivity contribution is 5.28. The van der Waals surface area contributed by atoms with Crippen LogP contribution in [0.25, 0.3) is 0 Å². The Kier molecular flexibility index (Phi) is 3.81. The van der Waals surface area contributed by atoms with Crippen molar-refractivity contribution < 1.29 is 0 Å². The Morgan fingerprint density at radius 3 is 2.61 bits per heavy atom. The van der Waals surface area contributed by atoms with E-state index >= 15 is 0 Å². The Morgan fingerprint density at radius 2 is 2.00 bits per heavy atom. The largest absolute Gasteiger partial charge is 0.343 e. The topological polar surface area (TPSA) is 92.3 Å². The molecule has 7 heteroatoms. The van der Waals surface area contributed by atoms with Crippen molar-refractivity contribution in [2.75, 3.05) is 5.32 Å². The Labute approximate surface area is 105 Å². The van der Waals surface area contributed by atoms with Gasteiger partial charge in [-0.05, 0) is 19.8 Å². The van der Waals surface area contributed by atoms with Crippen LogP contribution in [-0.2, 0) is 12.8 Å². The lowest BCUT2D eigenvalue weighted by Crippen LogP contribution is -2.14. The zero-order chi connectivity index (χ0) is 13.0. The summed E-state index contributed by atoms with van der Waals surface area (Å²) in [5.41, 5.74) is 1.94. The van der Waals surface area contributed by atoms with Gasteiger partial charge in [-0.3, -0.25) is 5.10 Å².